The van der Waals surface area contributed by atoms with Gasteiger partial charge in [-0.25, -0.2) is 13.6 Å². The summed E-state index contributed by atoms with van der Waals surface area (Å²) in [5.41, 5.74) is 1.49. The first-order valence-electron chi connectivity index (χ1n) is 6.51. The Morgan fingerprint density at radius 3 is 2.76 bits per heavy atom. The number of amides is 1. The number of nitrogens with zero attached hydrogens (tertiary/aromatic N) is 1. The molecule has 0 radical (unpaired) electrons. The molecule has 7 heteroatoms. The van der Waals surface area contributed by atoms with Crippen molar-refractivity contribution in [2.45, 2.75) is 11.3 Å². The summed E-state index contributed by atoms with van der Waals surface area (Å²) in [4.78, 5) is 14.0. The molecule has 1 amide bonds. The highest BCUT2D eigenvalue weighted by atomic mass is 32.2. The standard InChI is InChI=1S/C14H18N2O4S/c1-20-10-11-5-7-16(8-6-11)14(17)12-3-2-4-13(9-12)21(15,18)19/h2-5,9H,6-8,10H2,1H3,(H2,15,18,19). The summed E-state index contributed by atoms with van der Waals surface area (Å²) in [5, 5.41) is 5.08. The summed E-state index contributed by atoms with van der Waals surface area (Å²) >= 11 is 0. The van der Waals surface area contributed by atoms with Gasteiger partial charge in [0.15, 0.2) is 0 Å². The van der Waals surface area contributed by atoms with E-state index in [9.17, 15) is 13.2 Å². The number of carbonyl (C=O) groups is 1. The lowest BCUT2D eigenvalue weighted by molar-refractivity contribution is 0.0764. The van der Waals surface area contributed by atoms with E-state index < -0.39 is 10.0 Å². The quantitative estimate of drug-likeness (QED) is 0.831. The maximum atomic E-state index is 12.4. The van der Waals surface area contributed by atoms with Gasteiger partial charge in [-0.15, -0.1) is 0 Å². The normalized spacial score (nSPS) is 15.7. The van der Waals surface area contributed by atoms with E-state index in [1.807, 2.05) is 6.08 Å². The smallest absolute Gasteiger partial charge is 0.254 e. The second-order valence-corrected chi connectivity index (χ2v) is 6.43. The van der Waals surface area contributed by atoms with Gasteiger partial charge in [0.2, 0.25) is 10.0 Å². The van der Waals surface area contributed by atoms with E-state index >= 15 is 0 Å². The van der Waals surface area contributed by atoms with Crippen molar-refractivity contribution in [3.8, 4) is 0 Å². The number of ether oxygens (including phenoxy) is 1. The number of methoxy groups -OCH3 is 1. The van der Waals surface area contributed by atoms with E-state index in [4.69, 9.17) is 9.88 Å². The van der Waals surface area contributed by atoms with Crippen LogP contribution >= 0.6 is 0 Å². The number of primary sulfonamides is 1. The fourth-order valence-corrected chi connectivity index (χ4v) is 2.76. The fourth-order valence-electron chi connectivity index (χ4n) is 2.20. The van der Waals surface area contributed by atoms with Gasteiger partial charge >= 0.3 is 0 Å². The number of sulfonamides is 1. The van der Waals surface area contributed by atoms with Gasteiger partial charge in [0.25, 0.3) is 5.91 Å². The molecule has 0 aliphatic carbocycles. The molecule has 2 N–H and O–H groups in total. The lowest BCUT2D eigenvalue weighted by atomic mass is 10.1. The van der Waals surface area contributed by atoms with Crippen molar-refractivity contribution in [2.24, 2.45) is 5.14 Å². The summed E-state index contributed by atoms with van der Waals surface area (Å²) in [7, 11) is -2.17. The second kappa shape index (κ2) is 6.38. The zero-order chi connectivity index (χ0) is 15.5. The van der Waals surface area contributed by atoms with Gasteiger partial charge < -0.3 is 9.64 Å². The van der Waals surface area contributed by atoms with Gasteiger partial charge in [0.1, 0.15) is 0 Å². The molecule has 0 aromatic heterocycles. The lowest BCUT2D eigenvalue weighted by Crippen LogP contribution is -2.35. The van der Waals surface area contributed by atoms with Crippen LogP contribution in [-0.4, -0.2) is 46.0 Å². The molecular formula is C14H18N2O4S. The highest BCUT2D eigenvalue weighted by Crippen LogP contribution is 2.16. The molecule has 21 heavy (non-hydrogen) atoms. The topological polar surface area (TPSA) is 89.7 Å². The first-order chi connectivity index (χ1) is 9.91. The maximum Gasteiger partial charge on any atom is 0.254 e. The molecule has 1 aliphatic rings. The molecule has 0 saturated heterocycles. The van der Waals surface area contributed by atoms with Crippen molar-refractivity contribution in [1.82, 2.24) is 4.90 Å². The van der Waals surface area contributed by atoms with Gasteiger partial charge in [0.05, 0.1) is 11.5 Å². The molecule has 1 aromatic carbocycles. The van der Waals surface area contributed by atoms with E-state index in [-0.39, 0.29) is 10.8 Å². The van der Waals surface area contributed by atoms with Gasteiger partial charge in [-0.05, 0) is 30.2 Å². The van der Waals surface area contributed by atoms with Crippen LogP contribution in [0.3, 0.4) is 0 Å². The van der Waals surface area contributed by atoms with Crippen LogP contribution in [0, 0.1) is 0 Å². The van der Waals surface area contributed by atoms with Crippen molar-refractivity contribution >= 4 is 15.9 Å². The Labute approximate surface area is 124 Å². The molecule has 0 bridgehead atoms. The predicted molar refractivity (Wildman–Crippen MR) is 78.3 cm³/mol. The maximum absolute atomic E-state index is 12.4. The first-order valence-corrected chi connectivity index (χ1v) is 8.05. The summed E-state index contributed by atoms with van der Waals surface area (Å²) in [6.07, 6.45) is 2.73. The summed E-state index contributed by atoms with van der Waals surface area (Å²) in [5.74, 6) is -0.201. The molecule has 6 nitrogen and oxygen atoms in total. The van der Waals surface area contributed by atoms with Gasteiger partial charge in [-0.1, -0.05) is 12.1 Å². The molecule has 0 fully saturated rings. The largest absolute Gasteiger partial charge is 0.380 e. The number of hydrogen-bond acceptors (Lipinski definition) is 4. The van der Waals surface area contributed by atoms with Crippen molar-refractivity contribution in [3.63, 3.8) is 0 Å². The third kappa shape index (κ3) is 3.90. The highest BCUT2D eigenvalue weighted by Gasteiger charge is 2.20. The summed E-state index contributed by atoms with van der Waals surface area (Å²) in [6, 6.07) is 5.79. The number of nitrogens with two attached hydrogens (primary N) is 1. The highest BCUT2D eigenvalue weighted by molar-refractivity contribution is 7.89. The molecule has 0 atom stereocenters. The zero-order valence-corrected chi connectivity index (χ0v) is 12.6. The van der Waals surface area contributed by atoms with Crippen LogP contribution < -0.4 is 5.14 Å². The third-order valence-corrected chi connectivity index (χ3v) is 4.24. The third-order valence-electron chi connectivity index (χ3n) is 3.33. The van der Waals surface area contributed by atoms with Crippen molar-refractivity contribution in [1.29, 1.82) is 0 Å². The number of hydrogen-bond donors (Lipinski definition) is 1. The predicted octanol–water partition coefficient (Wildman–Crippen LogP) is 0.753. The molecule has 2 rings (SSSR count). The zero-order valence-electron chi connectivity index (χ0n) is 11.8. The minimum atomic E-state index is -3.80. The fraction of sp³-hybridized carbons (Fsp3) is 0.357. The van der Waals surface area contributed by atoms with Crippen LogP contribution in [0.15, 0.2) is 40.8 Å². The number of benzene rings is 1. The van der Waals surface area contributed by atoms with E-state index in [1.165, 1.54) is 23.8 Å². The van der Waals surface area contributed by atoms with Gasteiger partial charge in [-0.2, -0.15) is 0 Å². The van der Waals surface area contributed by atoms with E-state index in [2.05, 4.69) is 0 Å². The SMILES string of the molecule is COCC1=CCN(C(=O)c2cccc(S(N)(=O)=O)c2)CC1. The number of carbonyl (C=O) groups excluding carboxylic acids is 1. The summed E-state index contributed by atoms with van der Waals surface area (Å²) < 4.78 is 27.7. The van der Waals surface area contributed by atoms with Gasteiger partial charge in [0, 0.05) is 25.8 Å². The molecule has 114 valence electrons. The Hall–Kier alpha value is -1.70. The molecule has 1 aromatic rings. The molecule has 1 aliphatic heterocycles. The first kappa shape index (κ1) is 15.7. The Bertz CT molecular complexity index is 667. The van der Waals surface area contributed by atoms with Gasteiger partial charge in [-0.3, -0.25) is 4.79 Å². The minimum absolute atomic E-state index is 0.0547. The minimum Gasteiger partial charge on any atom is -0.380 e. The molecule has 0 spiro atoms. The second-order valence-electron chi connectivity index (χ2n) is 4.87. The average molecular weight is 310 g/mol. The Balaban J connectivity index is 2.15. The lowest BCUT2D eigenvalue weighted by Gasteiger charge is -2.26. The van der Waals surface area contributed by atoms with Crippen LogP contribution in [0.25, 0.3) is 0 Å². The van der Waals surface area contributed by atoms with Crippen LogP contribution in [-0.2, 0) is 14.8 Å². The summed E-state index contributed by atoms with van der Waals surface area (Å²) in [6.45, 7) is 1.66. The monoisotopic (exact) mass is 310 g/mol. The van der Waals surface area contributed by atoms with Crippen molar-refractivity contribution < 1.29 is 17.9 Å². The van der Waals surface area contributed by atoms with Crippen LogP contribution in [0.1, 0.15) is 16.8 Å². The van der Waals surface area contributed by atoms with Crippen molar-refractivity contribution in [2.75, 3.05) is 26.8 Å². The van der Waals surface area contributed by atoms with E-state index in [1.54, 1.807) is 18.1 Å². The van der Waals surface area contributed by atoms with Crippen LogP contribution in [0.5, 0.6) is 0 Å². The van der Waals surface area contributed by atoms with Crippen molar-refractivity contribution in [3.05, 3.63) is 41.5 Å². The van der Waals surface area contributed by atoms with Crippen LogP contribution in [0.4, 0.5) is 0 Å². The van der Waals surface area contributed by atoms with E-state index in [0.29, 0.717) is 25.3 Å². The Morgan fingerprint density at radius 1 is 1.43 bits per heavy atom. The Morgan fingerprint density at radius 2 is 2.19 bits per heavy atom. The molecule has 0 unspecified atom stereocenters. The molecule has 0 saturated carbocycles. The molecule has 1 heterocycles. The number of rotatable bonds is 4. The van der Waals surface area contributed by atoms with Crippen LogP contribution in [0.2, 0.25) is 0 Å². The Kier molecular flexibility index (Phi) is 4.76. The average Bonchev–Trinajstić information content (AvgIpc) is 2.47. The molecular weight excluding hydrogens is 292 g/mol. The van der Waals surface area contributed by atoms with E-state index in [0.717, 1.165) is 6.42 Å².